The second kappa shape index (κ2) is 10.3. The third-order valence-corrected chi connectivity index (χ3v) is 5.40. The number of benzene rings is 2. The van der Waals surface area contributed by atoms with Gasteiger partial charge in [0.15, 0.2) is 11.5 Å². The number of hydrogen-bond acceptors (Lipinski definition) is 4. The van der Waals surface area contributed by atoms with Crippen molar-refractivity contribution >= 4 is 11.8 Å². The molecule has 1 N–H and O–H groups in total. The highest BCUT2D eigenvalue weighted by Crippen LogP contribution is 2.34. The molecule has 1 heterocycles. The molecule has 1 aliphatic rings. The molecule has 3 rings (SSSR count). The summed E-state index contributed by atoms with van der Waals surface area (Å²) in [5.74, 6) is 1.35. The average molecular weight is 425 g/mol. The quantitative estimate of drug-likeness (QED) is 0.697. The van der Waals surface area contributed by atoms with Gasteiger partial charge >= 0.3 is 0 Å². The first kappa shape index (κ1) is 22.7. The Bertz CT molecular complexity index is 925. The Morgan fingerprint density at radius 2 is 1.81 bits per heavy atom. The van der Waals surface area contributed by atoms with Gasteiger partial charge in [-0.25, -0.2) is 0 Å². The molecule has 166 valence electrons. The summed E-state index contributed by atoms with van der Waals surface area (Å²) < 4.78 is 11.5. The van der Waals surface area contributed by atoms with E-state index in [1.807, 2.05) is 50.2 Å². The van der Waals surface area contributed by atoms with E-state index in [9.17, 15) is 9.59 Å². The van der Waals surface area contributed by atoms with Crippen LogP contribution in [0.3, 0.4) is 0 Å². The van der Waals surface area contributed by atoms with E-state index in [0.29, 0.717) is 49.8 Å². The monoisotopic (exact) mass is 424 g/mol. The number of carbonyl (C=O) groups excluding carboxylic acids is 2. The second-order valence-corrected chi connectivity index (χ2v) is 8.26. The van der Waals surface area contributed by atoms with Crippen molar-refractivity contribution in [3.05, 3.63) is 59.2 Å². The molecule has 0 fully saturated rings. The predicted octanol–water partition coefficient (Wildman–Crippen LogP) is 3.96. The van der Waals surface area contributed by atoms with Crippen molar-refractivity contribution in [3.63, 3.8) is 0 Å². The minimum Gasteiger partial charge on any atom is -0.486 e. The SMILES string of the molecule is CCN(Cc1cccc2c1OCCO2)C(=O)C(CC(C)C)NC(=O)c1ccccc1C. The summed E-state index contributed by atoms with van der Waals surface area (Å²) in [7, 11) is 0. The standard InChI is InChI=1S/C25H32N2O4/c1-5-27(16-19-10-8-12-22-23(19)31-14-13-30-22)25(29)21(15-17(2)3)26-24(28)20-11-7-6-9-18(20)4/h6-12,17,21H,5,13-16H2,1-4H3,(H,26,28). The van der Waals surface area contributed by atoms with Gasteiger partial charge in [-0.3, -0.25) is 9.59 Å². The molecule has 0 spiro atoms. The van der Waals surface area contributed by atoms with Crippen LogP contribution in [0, 0.1) is 12.8 Å². The molecule has 2 aromatic rings. The zero-order valence-electron chi connectivity index (χ0n) is 18.8. The molecule has 1 unspecified atom stereocenters. The van der Waals surface area contributed by atoms with Crippen molar-refractivity contribution in [3.8, 4) is 11.5 Å². The summed E-state index contributed by atoms with van der Waals surface area (Å²) in [4.78, 5) is 28.1. The van der Waals surface area contributed by atoms with Gasteiger partial charge in [-0.15, -0.1) is 0 Å². The van der Waals surface area contributed by atoms with Gasteiger partial charge in [-0.05, 0) is 43.9 Å². The van der Waals surface area contributed by atoms with Gasteiger partial charge in [0.2, 0.25) is 5.91 Å². The normalized spacial score (nSPS) is 13.6. The highest BCUT2D eigenvalue weighted by atomic mass is 16.6. The van der Waals surface area contributed by atoms with Crippen LogP contribution in [0.2, 0.25) is 0 Å². The summed E-state index contributed by atoms with van der Waals surface area (Å²) in [5.41, 5.74) is 2.38. The number of rotatable bonds is 8. The zero-order chi connectivity index (χ0) is 22.4. The van der Waals surface area contributed by atoms with Gasteiger partial charge in [-0.2, -0.15) is 0 Å². The number of likely N-dealkylation sites (N-methyl/N-ethyl adjacent to an activating group) is 1. The molecule has 0 aromatic heterocycles. The van der Waals surface area contributed by atoms with E-state index in [1.54, 1.807) is 11.0 Å². The molecule has 1 atom stereocenters. The molecule has 6 heteroatoms. The zero-order valence-corrected chi connectivity index (χ0v) is 18.8. The van der Waals surface area contributed by atoms with Gasteiger partial charge in [0.25, 0.3) is 5.91 Å². The number of carbonyl (C=O) groups is 2. The fourth-order valence-electron chi connectivity index (χ4n) is 3.79. The van der Waals surface area contributed by atoms with Crippen LogP contribution in [-0.4, -0.2) is 42.5 Å². The van der Waals surface area contributed by atoms with Gasteiger partial charge in [0, 0.05) is 24.2 Å². The summed E-state index contributed by atoms with van der Waals surface area (Å²) >= 11 is 0. The maximum absolute atomic E-state index is 13.5. The number of fused-ring (bicyclic) bond motifs is 1. The van der Waals surface area contributed by atoms with Gasteiger partial charge in [0.05, 0.1) is 0 Å². The van der Waals surface area contributed by atoms with E-state index in [2.05, 4.69) is 19.2 Å². The van der Waals surface area contributed by atoms with E-state index in [0.717, 1.165) is 11.1 Å². The number of nitrogens with one attached hydrogen (secondary N) is 1. The average Bonchev–Trinajstić information content (AvgIpc) is 2.76. The highest BCUT2D eigenvalue weighted by Gasteiger charge is 2.28. The fraction of sp³-hybridized carbons (Fsp3) is 0.440. The third kappa shape index (κ3) is 5.57. The van der Waals surface area contributed by atoms with Crippen molar-refractivity contribution in [2.45, 2.75) is 46.7 Å². The lowest BCUT2D eigenvalue weighted by molar-refractivity contribution is -0.134. The molecule has 0 radical (unpaired) electrons. The van der Waals surface area contributed by atoms with E-state index in [1.165, 1.54) is 0 Å². The van der Waals surface area contributed by atoms with Crippen LogP contribution in [0.4, 0.5) is 0 Å². The molecule has 0 saturated carbocycles. The second-order valence-electron chi connectivity index (χ2n) is 8.26. The lowest BCUT2D eigenvalue weighted by atomic mass is 10.0. The lowest BCUT2D eigenvalue weighted by Crippen LogP contribution is -2.49. The first-order valence-electron chi connectivity index (χ1n) is 10.9. The molecule has 31 heavy (non-hydrogen) atoms. The minimum atomic E-state index is -0.594. The molecule has 2 aromatic carbocycles. The van der Waals surface area contributed by atoms with Gasteiger partial charge in [-0.1, -0.05) is 44.2 Å². The van der Waals surface area contributed by atoms with E-state index >= 15 is 0 Å². The predicted molar refractivity (Wildman–Crippen MR) is 120 cm³/mol. The van der Waals surface area contributed by atoms with Crippen LogP contribution < -0.4 is 14.8 Å². The van der Waals surface area contributed by atoms with Crippen molar-refractivity contribution in [1.29, 1.82) is 0 Å². The number of nitrogens with zero attached hydrogens (tertiary/aromatic N) is 1. The van der Waals surface area contributed by atoms with E-state index < -0.39 is 6.04 Å². The van der Waals surface area contributed by atoms with Crippen LogP contribution in [0.5, 0.6) is 11.5 Å². The number of aryl methyl sites for hydroxylation is 1. The smallest absolute Gasteiger partial charge is 0.252 e. The summed E-state index contributed by atoms with van der Waals surface area (Å²) in [6, 6.07) is 12.6. The maximum Gasteiger partial charge on any atom is 0.252 e. The van der Waals surface area contributed by atoms with Gasteiger partial charge in [0.1, 0.15) is 19.3 Å². The van der Waals surface area contributed by atoms with Crippen LogP contribution in [0.1, 0.15) is 48.7 Å². The number of amides is 2. The topological polar surface area (TPSA) is 67.9 Å². The molecular formula is C25H32N2O4. The molecule has 6 nitrogen and oxygen atoms in total. The van der Waals surface area contributed by atoms with Crippen molar-refractivity contribution in [1.82, 2.24) is 10.2 Å². The largest absolute Gasteiger partial charge is 0.486 e. The fourth-order valence-corrected chi connectivity index (χ4v) is 3.79. The summed E-state index contributed by atoms with van der Waals surface area (Å²) in [6.07, 6.45) is 0.569. The Hall–Kier alpha value is -3.02. The van der Waals surface area contributed by atoms with Crippen LogP contribution >= 0.6 is 0 Å². The summed E-state index contributed by atoms with van der Waals surface area (Å²) in [6.45, 7) is 9.88. The Morgan fingerprint density at radius 1 is 1.06 bits per heavy atom. The molecule has 2 amide bonds. The molecule has 0 aliphatic carbocycles. The summed E-state index contributed by atoms with van der Waals surface area (Å²) in [5, 5.41) is 2.98. The third-order valence-electron chi connectivity index (χ3n) is 5.40. The van der Waals surface area contributed by atoms with Crippen molar-refractivity contribution in [2.75, 3.05) is 19.8 Å². The van der Waals surface area contributed by atoms with Crippen LogP contribution in [0.15, 0.2) is 42.5 Å². The molecule has 0 bridgehead atoms. The first-order valence-corrected chi connectivity index (χ1v) is 10.9. The Balaban J connectivity index is 1.79. The van der Waals surface area contributed by atoms with Crippen molar-refractivity contribution < 1.29 is 19.1 Å². The Kier molecular flexibility index (Phi) is 7.55. The first-order chi connectivity index (χ1) is 14.9. The number of hydrogen-bond donors (Lipinski definition) is 1. The number of para-hydroxylation sites is 1. The molecule has 1 aliphatic heterocycles. The number of ether oxygens (including phenoxy) is 2. The lowest BCUT2D eigenvalue weighted by Gasteiger charge is -2.29. The molecule has 0 saturated heterocycles. The van der Waals surface area contributed by atoms with Crippen LogP contribution in [0.25, 0.3) is 0 Å². The van der Waals surface area contributed by atoms with E-state index in [-0.39, 0.29) is 17.7 Å². The highest BCUT2D eigenvalue weighted by molar-refractivity contribution is 5.98. The molecular weight excluding hydrogens is 392 g/mol. The maximum atomic E-state index is 13.5. The Morgan fingerprint density at radius 3 is 2.52 bits per heavy atom. The van der Waals surface area contributed by atoms with Crippen LogP contribution in [-0.2, 0) is 11.3 Å². The Labute approximate surface area is 184 Å². The van der Waals surface area contributed by atoms with Crippen molar-refractivity contribution in [2.24, 2.45) is 5.92 Å². The van der Waals surface area contributed by atoms with Gasteiger partial charge < -0.3 is 19.7 Å². The minimum absolute atomic E-state index is 0.0903. The van der Waals surface area contributed by atoms with E-state index in [4.69, 9.17) is 9.47 Å².